The number of nitro groups is 1. The second-order valence-electron chi connectivity index (χ2n) is 3.63. The molecule has 0 N–H and O–H groups in total. The summed E-state index contributed by atoms with van der Waals surface area (Å²) in [5, 5.41) is 10.8. The summed E-state index contributed by atoms with van der Waals surface area (Å²) in [6.45, 7) is -0.307. The predicted octanol–water partition coefficient (Wildman–Crippen LogP) is 1.49. The Morgan fingerprint density at radius 3 is 2.63 bits per heavy atom. The molecule has 0 unspecified atom stereocenters. The van der Waals surface area contributed by atoms with E-state index in [2.05, 4.69) is 4.74 Å². The molecule has 0 spiro atoms. The second kappa shape index (κ2) is 6.14. The summed E-state index contributed by atoms with van der Waals surface area (Å²) in [6, 6.07) is 4.02. The summed E-state index contributed by atoms with van der Waals surface area (Å²) in [5.41, 5.74) is -0.658. The first-order valence-corrected chi connectivity index (χ1v) is 5.51. The molecular weight excluding hydrogens is 276 g/mol. The first-order valence-electron chi connectivity index (χ1n) is 5.13. The summed E-state index contributed by atoms with van der Waals surface area (Å²) in [6.07, 6.45) is 0. The Morgan fingerprint density at radius 1 is 1.47 bits per heavy atom. The highest BCUT2D eigenvalue weighted by atomic mass is 35.5. The molecule has 0 aliphatic heterocycles. The van der Waals surface area contributed by atoms with E-state index in [1.165, 1.54) is 32.4 Å². The largest absolute Gasteiger partial charge is 0.468 e. The van der Waals surface area contributed by atoms with E-state index in [4.69, 9.17) is 11.6 Å². The van der Waals surface area contributed by atoms with Crippen LogP contribution in [-0.2, 0) is 9.53 Å². The smallest absolute Gasteiger partial charge is 0.325 e. The molecule has 0 saturated carbocycles. The SMILES string of the molecule is COC(=O)CN(C)C(=O)c1cccc(Cl)c1[N+](=O)[O-]. The highest BCUT2D eigenvalue weighted by Gasteiger charge is 2.26. The normalized spacial score (nSPS) is 9.84. The zero-order valence-corrected chi connectivity index (χ0v) is 11.0. The lowest BCUT2D eigenvalue weighted by Crippen LogP contribution is -2.33. The Kier molecular flexibility index (Phi) is 4.82. The average Bonchev–Trinajstić information content (AvgIpc) is 2.36. The number of carbonyl (C=O) groups is 2. The van der Waals surface area contributed by atoms with Gasteiger partial charge in [-0.15, -0.1) is 0 Å². The molecule has 1 aromatic carbocycles. The summed E-state index contributed by atoms with van der Waals surface area (Å²) in [5.74, 6) is -1.31. The topological polar surface area (TPSA) is 89.8 Å². The zero-order chi connectivity index (χ0) is 14.6. The fourth-order valence-electron chi connectivity index (χ4n) is 1.41. The number of carbonyl (C=O) groups excluding carboxylic acids is 2. The molecule has 0 aliphatic carbocycles. The number of amides is 1. The van der Waals surface area contributed by atoms with E-state index in [-0.39, 0.29) is 17.1 Å². The van der Waals surface area contributed by atoms with Gasteiger partial charge in [0.1, 0.15) is 17.1 Å². The number of rotatable bonds is 4. The van der Waals surface area contributed by atoms with Crippen molar-refractivity contribution in [3.63, 3.8) is 0 Å². The molecule has 8 heteroatoms. The number of esters is 1. The number of benzene rings is 1. The average molecular weight is 287 g/mol. The lowest BCUT2D eigenvalue weighted by Gasteiger charge is -2.15. The van der Waals surface area contributed by atoms with E-state index in [9.17, 15) is 19.7 Å². The van der Waals surface area contributed by atoms with Crippen LogP contribution < -0.4 is 0 Å². The quantitative estimate of drug-likeness (QED) is 0.475. The van der Waals surface area contributed by atoms with Crippen LogP contribution in [0.15, 0.2) is 18.2 Å². The van der Waals surface area contributed by atoms with E-state index in [0.29, 0.717) is 0 Å². The van der Waals surface area contributed by atoms with Gasteiger partial charge in [0, 0.05) is 7.05 Å². The zero-order valence-electron chi connectivity index (χ0n) is 10.3. The van der Waals surface area contributed by atoms with Crippen LogP contribution in [0.4, 0.5) is 5.69 Å². The van der Waals surface area contributed by atoms with Crippen molar-refractivity contribution in [2.24, 2.45) is 0 Å². The Hall–Kier alpha value is -2.15. The predicted molar refractivity (Wildman–Crippen MR) is 67.1 cm³/mol. The molecule has 1 aromatic rings. The van der Waals surface area contributed by atoms with Crippen molar-refractivity contribution in [2.75, 3.05) is 20.7 Å². The van der Waals surface area contributed by atoms with Crippen molar-refractivity contribution in [1.29, 1.82) is 0 Å². The lowest BCUT2D eigenvalue weighted by atomic mass is 10.1. The maximum absolute atomic E-state index is 12.0. The molecule has 7 nitrogen and oxygen atoms in total. The van der Waals surface area contributed by atoms with Gasteiger partial charge in [-0.3, -0.25) is 19.7 Å². The van der Waals surface area contributed by atoms with Gasteiger partial charge in [-0.25, -0.2) is 0 Å². The van der Waals surface area contributed by atoms with Gasteiger partial charge in [-0.05, 0) is 12.1 Å². The molecule has 1 rings (SSSR count). The number of nitro benzene ring substituents is 1. The second-order valence-corrected chi connectivity index (χ2v) is 4.04. The highest BCUT2D eigenvalue weighted by molar-refractivity contribution is 6.33. The monoisotopic (exact) mass is 286 g/mol. The van der Waals surface area contributed by atoms with E-state index in [0.717, 1.165) is 4.90 Å². The number of hydrogen-bond acceptors (Lipinski definition) is 5. The number of nitrogens with zero attached hydrogens (tertiary/aromatic N) is 2. The number of para-hydroxylation sites is 1. The summed E-state index contributed by atoms with van der Waals surface area (Å²) < 4.78 is 4.42. The van der Waals surface area contributed by atoms with E-state index in [1.807, 2.05) is 0 Å². The summed E-state index contributed by atoms with van der Waals surface area (Å²) in [4.78, 5) is 34.3. The highest BCUT2D eigenvalue weighted by Crippen LogP contribution is 2.28. The van der Waals surface area contributed by atoms with Gasteiger partial charge in [0.05, 0.1) is 12.0 Å². The van der Waals surface area contributed by atoms with Crippen molar-refractivity contribution in [3.8, 4) is 0 Å². The maximum atomic E-state index is 12.0. The third-order valence-electron chi connectivity index (χ3n) is 2.34. The minimum Gasteiger partial charge on any atom is -0.468 e. The summed E-state index contributed by atoms with van der Waals surface area (Å²) >= 11 is 5.70. The molecule has 19 heavy (non-hydrogen) atoms. The molecule has 1 amide bonds. The minimum atomic E-state index is -0.735. The standard InChI is InChI=1S/C11H11ClN2O5/c1-13(6-9(15)19-2)11(16)7-4-3-5-8(12)10(7)14(17)18/h3-5H,6H2,1-2H3. The molecule has 0 saturated heterocycles. The van der Waals surface area contributed by atoms with Crippen molar-refractivity contribution in [1.82, 2.24) is 4.90 Å². The van der Waals surface area contributed by atoms with Crippen molar-refractivity contribution < 1.29 is 19.2 Å². The number of halogens is 1. The minimum absolute atomic E-state index is 0.137. The van der Waals surface area contributed by atoms with Crippen LogP contribution >= 0.6 is 11.6 Å². The van der Waals surface area contributed by atoms with Crippen LogP contribution in [0.25, 0.3) is 0 Å². The molecule has 0 bridgehead atoms. The van der Waals surface area contributed by atoms with E-state index >= 15 is 0 Å². The van der Waals surface area contributed by atoms with Gasteiger partial charge in [0.25, 0.3) is 5.91 Å². The molecule has 0 aromatic heterocycles. The van der Waals surface area contributed by atoms with Gasteiger partial charge in [0.2, 0.25) is 0 Å². The van der Waals surface area contributed by atoms with Gasteiger partial charge in [0.15, 0.2) is 0 Å². The molecule has 0 aliphatic rings. The van der Waals surface area contributed by atoms with Crippen molar-refractivity contribution >= 4 is 29.2 Å². The van der Waals surface area contributed by atoms with Crippen molar-refractivity contribution in [3.05, 3.63) is 38.9 Å². The van der Waals surface area contributed by atoms with Crippen LogP contribution in [0.3, 0.4) is 0 Å². The molecule has 0 fully saturated rings. The van der Waals surface area contributed by atoms with Gasteiger partial charge in [-0.2, -0.15) is 0 Å². The van der Waals surface area contributed by atoms with Crippen LogP contribution in [-0.4, -0.2) is 42.4 Å². The number of likely N-dealkylation sites (N-methyl/N-ethyl adjacent to an activating group) is 1. The Labute approximate surface area is 113 Å². The Balaban J connectivity index is 3.09. The van der Waals surface area contributed by atoms with Crippen molar-refractivity contribution in [2.45, 2.75) is 0 Å². The molecule has 0 radical (unpaired) electrons. The summed E-state index contributed by atoms with van der Waals surface area (Å²) in [7, 11) is 2.52. The Morgan fingerprint density at radius 2 is 2.11 bits per heavy atom. The van der Waals surface area contributed by atoms with Gasteiger partial charge >= 0.3 is 11.7 Å². The van der Waals surface area contributed by atoms with Gasteiger partial charge in [-0.1, -0.05) is 17.7 Å². The van der Waals surface area contributed by atoms with E-state index < -0.39 is 22.5 Å². The molecular formula is C11H11ClN2O5. The number of hydrogen-bond donors (Lipinski definition) is 0. The third-order valence-corrected chi connectivity index (χ3v) is 2.65. The number of ether oxygens (including phenoxy) is 1. The first-order chi connectivity index (χ1) is 8.88. The lowest BCUT2D eigenvalue weighted by molar-refractivity contribution is -0.385. The Bertz CT molecular complexity index is 532. The molecule has 0 atom stereocenters. The fourth-order valence-corrected chi connectivity index (χ4v) is 1.65. The van der Waals surface area contributed by atoms with Gasteiger partial charge < -0.3 is 9.64 Å². The molecule has 0 heterocycles. The first kappa shape index (κ1) is 14.9. The van der Waals surface area contributed by atoms with Crippen LogP contribution in [0.5, 0.6) is 0 Å². The van der Waals surface area contributed by atoms with Crippen LogP contribution in [0, 0.1) is 10.1 Å². The fraction of sp³-hybridized carbons (Fsp3) is 0.273. The maximum Gasteiger partial charge on any atom is 0.325 e. The third kappa shape index (κ3) is 3.41. The molecule has 102 valence electrons. The van der Waals surface area contributed by atoms with E-state index in [1.54, 1.807) is 0 Å². The van der Waals surface area contributed by atoms with Crippen LogP contribution in [0.1, 0.15) is 10.4 Å². The number of methoxy groups -OCH3 is 1. The van der Waals surface area contributed by atoms with Crippen LogP contribution in [0.2, 0.25) is 5.02 Å².